The van der Waals surface area contributed by atoms with Crippen LogP contribution >= 0.6 is 0 Å². The van der Waals surface area contributed by atoms with E-state index < -0.39 is 0 Å². The van der Waals surface area contributed by atoms with Gasteiger partial charge in [0, 0.05) is 24.8 Å². The molecule has 0 radical (unpaired) electrons. The molecule has 0 aromatic rings. The predicted molar refractivity (Wildman–Crippen MR) is 50.2 cm³/mol. The zero-order chi connectivity index (χ0) is 9.84. The van der Waals surface area contributed by atoms with E-state index in [9.17, 15) is 9.59 Å². The number of ketones is 1. The minimum absolute atomic E-state index is 0.0445. The predicted octanol–water partition coefficient (Wildman–Crippen LogP) is 1.27. The maximum Gasteiger partial charge on any atom is 0.223 e. The topological polar surface area (TPSA) is 46.2 Å². The molecule has 0 aliphatic heterocycles. The smallest absolute Gasteiger partial charge is 0.223 e. The van der Waals surface area contributed by atoms with Gasteiger partial charge < -0.3 is 5.32 Å². The second-order valence-corrected chi connectivity index (χ2v) is 4.00. The Hall–Kier alpha value is -0.860. The number of rotatable bonds is 2. The van der Waals surface area contributed by atoms with Gasteiger partial charge >= 0.3 is 0 Å². The van der Waals surface area contributed by atoms with Gasteiger partial charge in [-0.3, -0.25) is 9.59 Å². The summed E-state index contributed by atoms with van der Waals surface area (Å²) >= 11 is 0. The van der Waals surface area contributed by atoms with Gasteiger partial charge in [0.1, 0.15) is 5.78 Å². The van der Waals surface area contributed by atoms with Crippen LogP contribution in [0.5, 0.6) is 0 Å². The van der Waals surface area contributed by atoms with Gasteiger partial charge in [-0.1, -0.05) is 0 Å². The summed E-state index contributed by atoms with van der Waals surface area (Å²) in [5.41, 5.74) is 0. The summed E-state index contributed by atoms with van der Waals surface area (Å²) in [6, 6.07) is 0.171. The maximum atomic E-state index is 11.5. The van der Waals surface area contributed by atoms with Crippen LogP contribution in [0.15, 0.2) is 0 Å². The van der Waals surface area contributed by atoms with Crippen LogP contribution in [0.3, 0.4) is 0 Å². The molecule has 0 bridgehead atoms. The number of nitrogens with one attached hydrogen (secondary N) is 1. The summed E-state index contributed by atoms with van der Waals surface area (Å²) in [6.07, 6.45) is 2.84. The van der Waals surface area contributed by atoms with Crippen molar-refractivity contribution in [2.45, 2.75) is 45.6 Å². The number of amides is 1. The van der Waals surface area contributed by atoms with Crippen molar-refractivity contribution in [1.29, 1.82) is 0 Å². The van der Waals surface area contributed by atoms with E-state index in [2.05, 4.69) is 5.32 Å². The van der Waals surface area contributed by atoms with E-state index in [1.807, 2.05) is 13.8 Å². The Labute approximate surface area is 78.9 Å². The number of Topliss-reactive ketones (excluding diaryl/α,β-unsaturated/α-hetero) is 1. The van der Waals surface area contributed by atoms with Gasteiger partial charge in [0.15, 0.2) is 0 Å². The van der Waals surface area contributed by atoms with E-state index in [0.29, 0.717) is 12.8 Å². The quantitative estimate of drug-likeness (QED) is 0.700. The molecule has 0 spiro atoms. The summed E-state index contributed by atoms with van der Waals surface area (Å²) < 4.78 is 0. The van der Waals surface area contributed by atoms with E-state index >= 15 is 0 Å². The molecule has 13 heavy (non-hydrogen) atoms. The van der Waals surface area contributed by atoms with Crippen LogP contribution in [0.25, 0.3) is 0 Å². The minimum Gasteiger partial charge on any atom is -0.354 e. The average Bonchev–Trinajstić information content (AvgIpc) is 2.03. The summed E-state index contributed by atoms with van der Waals surface area (Å²) in [6.45, 7) is 3.87. The van der Waals surface area contributed by atoms with Crippen molar-refractivity contribution < 1.29 is 9.59 Å². The molecule has 1 fully saturated rings. The number of hydrogen-bond donors (Lipinski definition) is 1. The van der Waals surface area contributed by atoms with Gasteiger partial charge in [-0.25, -0.2) is 0 Å². The molecule has 1 rings (SSSR count). The zero-order valence-electron chi connectivity index (χ0n) is 8.30. The lowest BCUT2D eigenvalue weighted by Crippen LogP contribution is -2.37. The molecule has 1 N–H and O–H groups in total. The molecular formula is C10H17NO2. The summed E-state index contributed by atoms with van der Waals surface area (Å²) in [5.74, 6) is 0.210. The zero-order valence-corrected chi connectivity index (χ0v) is 8.30. The first kappa shape index (κ1) is 10.2. The van der Waals surface area contributed by atoms with Gasteiger partial charge in [-0.2, -0.15) is 0 Å². The van der Waals surface area contributed by atoms with Gasteiger partial charge in [0.25, 0.3) is 0 Å². The highest BCUT2D eigenvalue weighted by Gasteiger charge is 2.25. The fourth-order valence-electron chi connectivity index (χ4n) is 1.65. The molecule has 1 amide bonds. The molecule has 3 nitrogen and oxygen atoms in total. The van der Waals surface area contributed by atoms with E-state index in [1.54, 1.807) is 0 Å². The lowest BCUT2D eigenvalue weighted by atomic mass is 9.87. The third-order valence-electron chi connectivity index (χ3n) is 2.28. The fraction of sp³-hybridized carbons (Fsp3) is 0.800. The molecule has 74 valence electrons. The lowest BCUT2D eigenvalue weighted by molar-refractivity contribution is -0.131. The fourth-order valence-corrected chi connectivity index (χ4v) is 1.65. The number of carbonyl (C=O) groups excluding carboxylic acids is 2. The van der Waals surface area contributed by atoms with Crippen LogP contribution in [-0.2, 0) is 9.59 Å². The molecule has 1 atom stereocenters. The van der Waals surface area contributed by atoms with E-state index in [4.69, 9.17) is 0 Å². The molecule has 0 aromatic heterocycles. The second kappa shape index (κ2) is 4.40. The highest BCUT2D eigenvalue weighted by molar-refractivity contribution is 5.87. The van der Waals surface area contributed by atoms with E-state index in [-0.39, 0.29) is 23.7 Å². The van der Waals surface area contributed by atoms with E-state index in [1.165, 1.54) is 0 Å². The van der Waals surface area contributed by atoms with Crippen molar-refractivity contribution in [1.82, 2.24) is 5.32 Å². The van der Waals surface area contributed by atoms with Crippen LogP contribution in [0.1, 0.15) is 39.5 Å². The van der Waals surface area contributed by atoms with Crippen LogP contribution in [0.4, 0.5) is 0 Å². The van der Waals surface area contributed by atoms with Crippen molar-refractivity contribution in [3.05, 3.63) is 0 Å². The third-order valence-corrected chi connectivity index (χ3v) is 2.28. The largest absolute Gasteiger partial charge is 0.354 e. The third kappa shape index (κ3) is 3.17. The first-order chi connectivity index (χ1) is 6.09. The molecule has 1 saturated carbocycles. The van der Waals surface area contributed by atoms with Crippen molar-refractivity contribution in [3.8, 4) is 0 Å². The van der Waals surface area contributed by atoms with Crippen molar-refractivity contribution in [3.63, 3.8) is 0 Å². The Morgan fingerprint density at radius 3 is 2.77 bits per heavy atom. The van der Waals surface area contributed by atoms with Crippen LogP contribution < -0.4 is 5.32 Å². The number of hydrogen-bond acceptors (Lipinski definition) is 2. The van der Waals surface area contributed by atoms with Crippen molar-refractivity contribution >= 4 is 11.7 Å². The molecule has 1 unspecified atom stereocenters. The second-order valence-electron chi connectivity index (χ2n) is 4.00. The Bertz CT molecular complexity index is 211. The molecule has 1 aliphatic rings. The Kier molecular flexibility index (Phi) is 3.46. The minimum atomic E-state index is -0.0661. The Balaban J connectivity index is 2.41. The highest BCUT2D eigenvalue weighted by Crippen LogP contribution is 2.21. The lowest BCUT2D eigenvalue weighted by Gasteiger charge is -2.21. The molecule has 0 aromatic carbocycles. The van der Waals surface area contributed by atoms with Crippen LogP contribution in [0, 0.1) is 5.92 Å². The van der Waals surface area contributed by atoms with Gasteiger partial charge in [-0.05, 0) is 26.7 Å². The molecule has 0 saturated heterocycles. The highest BCUT2D eigenvalue weighted by atomic mass is 16.2. The normalized spacial score (nSPS) is 23.3. The van der Waals surface area contributed by atoms with Gasteiger partial charge in [0.2, 0.25) is 5.91 Å². The van der Waals surface area contributed by atoms with Crippen molar-refractivity contribution in [2.75, 3.05) is 0 Å². The Morgan fingerprint density at radius 1 is 1.54 bits per heavy atom. The van der Waals surface area contributed by atoms with E-state index in [0.717, 1.165) is 12.8 Å². The Morgan fingerprint density at radius 2 is 2.23 bits per heavy atom. The monoisotopic (exact) mass is 183 g/mol. The summed E-state index contributed by atoms with van der Waals surface area (Å²) in [5, 5.41) is 2.84. The average molecular weight is 183 g/mol. The first-order valence-electron chi connectivity index (χ1n) is 4.91. The number of carbonyl (C=O) groups is 2. The van der Waals surface area contributed by atoms with Gasteiger partial charge in [-0.15, -0.1) is 0 Å². The first-order valence-corrected chi connectivity index (χ1v) is 4.91. The van der Waals surface area contributed by atoms with Gasteiger partial charge in [0.05, 0.1) is 0 Å². The SMILES string of the molecule is CC(C)NC(=O)C1CCCC(=O)C1. The molecular weight excluding hydrogens is 166 g/mol. The standard InChI is InChI=1S/C10H17NO2/c1-7(2)11-10(13)8-4-3-5-9(12)6-8/h7-8H,3-6H2,1-2H3,(H,11,13). The summed E-state index contributed by atoms with van der Waals surface area (Å²) in [4.78, 5) is 22.6. The summed E-state index contributed by atoms with van der Waals surface area (Å²) in [7, 11) is 0. The van der Waals surface area contributed by atoms with Crippen LogP contribution in [-0.4, -0.2) is 17.7 Å². The van der Waals surface area contributed by atoms with Crippen molar-refractivity contribution in [2.24, 2.45) is 5.92 Å². The maximum absolute atomic E-state index is 11.5. The van der Waals surface area contributed by atoms with Crippen LogP contribution in [0.2, 0.25) is 0 Å². The molecule has 1 aliphatic carbocycles. The molecule has 3 heteroatoms. The molecule has 0 heterocycles.